The van der Waals surface area contributed by atoms with Gasteiger partial charge in [-0.2, -0.15) is 0 Å². The van der Waals surface area contributed by atoms with Crippen molar-refractivity contribution in [3.63, 3.8) is 0 Å². The predicted molar refractivity (Wildman–Crippen MR) is 95.2 cm³/mol. The van der Waals surface area contributed by atoms with Crippen LogP contribution in [0.4, 0.5) is 5.69 Å². The predicted octanol–water partition coefficient (Wildman–Crippen LogP) is 4.12. The van der Waals surface area contributed by atoms with Crippen LogP contribution in [-0.2, 0) is 4.79 Å². The zero-order valence-corrected chi connectivity index (χ0v) is 13.8. The first-order chi connectivity index (χ1) is 11.1. The molecule has 0 fully saturated rings. The van der Waals surface area contributed by atoms with Crippen molar-refractivity contribution in [3.05, 3.63) is 55.1 Å². The number of carbonyl (C=O) groups excluding carboxylic acids is 1. The molecule has 0 saturated heterocycles. The second kappa shape index (κ2) is 6.22. The van der Waals surface area contributed by atoms with E-state index in [4.69, 9.17) is 4.74 Å². The molecule has 3 rings (SSSR count). The fraction of sp³-hybridized carbons (Fsp3) is 0.111. The molecule has 0 radical (unpaired) electrons. The highest BCUT2D eigenvalue weighted by Gasteiger charge is 2.13. The number of benzene rings is 2. The summed E-state index contributed by atoms with van der Waals surface area (Å²) >= 11 is 1.58. The molecule has 3 aromatic rings. The zero-order chi connectivity index (χ0) is 16.4. The highest BCUT2D eigenvalue weighted by Crippen LogP contribution is 2.36. The van der Waals surface area contributed by atoms with Crippen molar-refractivity contribution in [2.75, 3.05) is 19.0 Å². The monoisotopic (exact) mass is 324 g/mol. The Kier molecular flexibility index (Phi) is 4.12. The number of ether oxygens (including phenoxy) is 1. The van der Waals surface area contributed by atoms with Crippen LogP contribution < -0.4 is 9.64 Å². The lowest BCUT2D eigenvalue weighted by atomic mass is 10.2. The SMILES string of the molecule is C=CC(=O)Oc1ccccc1-c1nc2ccc(N(C)C)cc2s1. The van der Waals surface area contributed by atoms with E-state index in [9.17, 15) is 4.79 Å². The largest absolute Gasteiger partial charge is 0.423 e. The second-order valence-electron chi connectivity index (χ2n) is 5.19. The average molecular weight is 324 g/mol. The zero-order valence-electron chi connectivity index (χ0n) is 12.9. The van der Waals surface area contributed by atoms with Gasteiger partial charge in [-0.25, -0.2) is 9.78 Å². The van der Waals surface area contributed by atoms with Crippen molar-refractivity contribution in [2.45, 2.75) is 0 Å². The number of nitrogens with zero attached hydrogens (tertiary/aromatic N) is 2. The van der Waals surface area contributed by atoms with Crippen molar-refractivity contribution in [1.82, 2.24) is 4.98 Å². The molecule has 5 heteroatoms. The fourth-order valence-corrected chi connectivity index (χ4v) is 3.22. The summed E-state index contributed by atoms with van der Waals surface area (Å²) in [6, 6.07) is 13.5. The van der Waals surface area contributed by atoms with Crippen molar-refractivity contribution < 1.29 is 9.53 Å². The van der Waals surface area contributed by atoms with Crippen molar-refractivity contribution >= 4 is 33.2 Å². The molecule has 0 bridgehead atoms. The first-order valence-corrected chi connectivity index (χ1v) is 7.91. The van der Waals surface area contributed by atoms with Gasteiger partial charge in [-0.1, -0.05) is 18.7 Å². The van der Waals surface area contributed by atoms with Gasteiger partial charge in [-0.05, 0) is 30.3 Å². The molecule has 23 heavy (non-hydrogen) atoms. The maximum absolute atomic E-state index is 11.5. The van der Waals surface area contributed by atoms with Gasteiger partial charge in [-0.3, -0.25) is 0 Å². The van der Waals surface area contributed by atoms with Gasteiger partial charge in [0, 0.05) is 25.9 Å². The molecule has 0 N–H and O–H groups in total. The minimum Gasteiger partial charge on any atom is -0.423 e. The molecule has 0 aliphatic heterocycles. The average Bonchev–Trinajstić information content (AvgIpc) is 2.98. The summed E-state index contributed by atoms with van der Waals surface area (Å²) in [7, 11) is 4.01. The summed E-state index contributed by atoms with van der Waals surface area (Å²) in [4.78, 5) is 18.2. The molecule has 0 spiro atoms. The number of thiazole rings is 1. The highest BCUT2D eigenvalue weighted by molar-refractivity contribution is 7.21. The number of aromatic nitrogens is 1. The molecule has 0 aliphatic carbocycles. The third-order valence-electron chi connectivity index (χ3n) is 3.38. The Morgan fingerprint density at radius 2 is 2.04 bits per heavy atom. The quantitative estimate of drug-likeness (QED) is 0.411. The maximum atomic E-state index is 11.5. The topological polar surface area (TPSA) is 42.4 Å². The van der Waals surface area contributed by atoms with Crippen LogP contribution in [0.2, 0.25) is 0 Å². The lowest BCUT2D eigenvalue weighted by Crippen LogP contribution is -2.07. The summed E-state index contributed by atoms with van der Waals surface area (Å²) < 4.78 is 6.40. The molecule has 4 nitrogen and oxygen atoms in total. The standard InChI is InChI=1S/C18H16N2O2S/c1-4-17(21)22-15-8-6-5-7-13(15)18-19-14-10-9-12(20(2)3)11-16(14)23-18/h4-11H,1H2,2-3H3. The summed E-state index contributed by atoms with van der Waals surface area (Å²) in [5, 5.41) is 0.823. The van der Waals surface area contributed by atoms with Crippen LogP contribution >= 0.6 is 11.3 Å². The van der Waals surface area contributed by atoms with Crippen molar-refractivity contribution in [3.8, 4) is 16.3 Å². The molecule has 0 saturated carbocycles. The Bertz CT molecular complexity index is 884. The summed E-state index contributed by atoms with van der Waals surface area (Å²) in [5.74, 6) is 0.0118. The number of hydrogen-bond donors (Lipinski definition) is 0. The Morgan fingerprint density at radius 3 is 2.78 bits per heavy atom. The highest BCUT2D eigenvalue weighted by atomic mass is 32.1. The Morgan fingerprint density at radius 1 is 1.26 bits per heavy atom. The molecular formula is C18H16N2O2S. The van der Waals surface area contributed by atoms with Gasteiger partial charge in [0.25, 0.3) is 0 Å². The third kappa shape index (κ3) is 3.10. The number of rotatable bonds is 4. The van der Waals surface area contributed by atoms with Gasteiger partial charge in [-0.15, -0.1) is 11.3 Å². The van der Waals surface area contributed by atoms with E-state index in [0.29, 0.717) is 5.75 Å². The first kappa shape index (κ1) is 15.2. The van der Waals surface area contributed by atoms with Crippen LogP contribution in [0, 0.1) is 0 Å². The molecule has 116 valence electrons. The van der Waals surface area contributed by atoms with Crippen LogP contribution in [0.3, 0.4) is 0 Å². The maximum Gasteiger partial charge on any atom is 0.335 e. The summed E-state index contributed by atoms with van der Waals surface area (Å²) in [6.45, 7) is 3.43. The van der Waals surface area contributed by atoms with Gasteiger partial charge >= 0.3 is 5.97 Å². The van der Waals surface area contributed by atoms with Gasteiger partial charge in [0.1, 0.15) is 10.8 Å². The van der Waals surface area contributed by atoms with Crippen molar-refractivity contribution in [2.24, 2.45) is 0 Å². The van der Waals surface area contributed by atoms with Crippen LogP contribution in [-0.4, -0.2) is 25.0 Å². The first-order valence-electron chi connectivity index (χ1n) is 7.10. The Labute approximate surface area is 138 Å². The van der Waals surface area contributed by atoms with Gasteiger partial charge in [0.15, 0.2) is 0 Å². The number of esters is 1. The molecular weight excluding hydrogens is 308 g/mol. The van der Waals surface area contributed by atoms with Crippen molar-refractivity contribution in [1.29, 1.82) is 0 Å². The van der Waals surface area contributed by atoms with Crippen LogP contribution in [0.1, 0.15) is 0 Å². The number of carbonyl (C=O) groups is 1. The normalized spacial score (nSPS) is 10.5. The second-order valence-corrected chi connectivity index (χ2v) is 6.22. The molecule has 0 unspecified atom stereocenters. The van der Waals surface area contributed by atoms with E-state index in [1.807, 2.05) is 44.4 Å². The Balaban J connectivity index is 2.06. The lowest BCUT2D eigenvalue weighted by molar-refractivity contribution is -0.128. The minimum absolute atomic E-state index is 0.478. The lowest BCUT2D eigenvalue weighted by Gasteiger charge is -2.11. The molecule has 2 aromatic carbocycles. The summed E-state index contributed by atoms with van der Waals surface area (Å²) in [5.41, 5.74) is 2.86. The third-order valence-corrected chi connectivity index (χ3v) is 4.43. The van der Waals surface area contributed by atoms with Crippen LogP contribution in [0.25, 0.3) is 20.8 Å². The van der Waals surface area contributed by atoms with Gasteiger partial charge < -0.3 is 9.64 Å². The smallest absolute Gasteiger partial charge is 0.335 e. The van der Waals surface area contributed by atoms with E-state index < -0.39 is 5.97 Å². The van der Waals surface area contributed by atoms with Crippen LogP contribution in [0.5, 0.6) is 5.75 Å². The Hall–Kier alpha value is -2.66. The summed E-state index contributed by atoms with van der Waals surface area (Å²) in [6.07, 6.45) is 1.15. The minimum atomic E-state index is -0.478. The van der Waals surface area contributed by atoms with Crippen LogP contribution in [0.15, 0.2) is 55.1 Å². The number of para-hydroxylation sites is 1. The van der Waals surface area contributed by atoms with E-state index in [1.165, 1.54) is 0 Å². The van der Waals surface area contributed by atoms with Gasteiger partial charge in [0.2, 0.25) is 0 Å². The number of anilines is 1. The fourth-order valence-electron chi connectivity index (χ4n) is 2.19. The van der Waals surface area contributed by atoms with E-state index in [2.05, 4.69) is 22.5 Å². The molecule has 1 heterocycles. The van der Waals surface area contributed by atoms with E-state index >= 15 is 0 Å². The molecule has 0 amide bonds. The number of fused-ring (bicyclic) bond motifs is 1. The molecule has 1 aromatic heterocycles. The van der Waals surface area contributed by atoms with E-state index in [0.717, 1.165) is 32.6 Å². The number of hydrogen-bond acceptors (Lipinski definition) is 5. The van der Waals surface area contributed by atoms with E-state index in [-0.39, 0.29) is 0 Å². The van der Waals surface area contributed by atoms with Gasteiger partial charge in [0.05, 0.1) is 15.8 Å². The van der Waals surface area contributed by atoms with E-state index in [1.54, 1.807) is 17.4 Å². The molecule has 0 aliphatic rings. The molecule has 0 atom stereocenters.